The summed E-state index contributed by atoms with van der Waals surface area (Å²) >= 11 is 0. The molecular weight excluding hydrogens is 334 g/mol. The van der Waals surface area contributed by atoms with Crippen molar-refractivity contribution in [3.8, 4) is 0 Å². The number of piperidine rings is 1. The van der Waals surface area contributed by atoms with E-state index in [9.17, 15) is 14.4 Å². The molecule has 2 aliphatic carbocycles. The first-order valence-corrected chi connectivity index (χ1v) is 9.64. The number of likely N-dealkylation sites (tertiary alicyclic amines) is 1. The molecule has 3 rings (SSSR count). The minimum absolute atomic E-state index is 0.0683. The number of carbonyl (C=O) groups is 3. The Labute approximate surface area is 154 Å². The number of ether oxygens (including phenoxy) is 2. The van der Waals surface area contributed by atoms with Crippen LogP contribution in [0.5, 0.6) is 0 Å². The quantitative estimate of drug-likeness (QED) is 0.557. The van der Waals surface area contributed by atoms with Crippen molar-refractivity contribution in [1.82, 2.24) is 4.90 Å². The molecule has 0 unspecified atom stereocenters. The van der Waals surface area contributed by atoms with Crippen LogP contribution in [-0.2, 0) is 23.9 Å². The molecule has 0 aromatic heterocycles. The van der Waals surface area contributed by atoms with Crippen molar-refractivity contribution in [3.63, 3.8) is 0 Å². The molecular formula is C20H29NO5. The molecule has 1 saturated carbocycles. The summed E-state index contributed by atoms with van der Waals surface area (Å²) in [6.45, 7) is 4.97. The highest BCUT2D eigenvalue weighted by molar-refractivity contribution is 5.75. The molecule has 1 amide bonds. The van der Waals surface area contributed by atoms with Gasteiger partial charge >= 0.3 is 11.9 Å². The molecule has 0 radical (unpaired) electrons. The average molecular weight is 363 g/mol. The summed E-state index contributed by atoms with van der Waals surface area (Å²) in [7, 11) is 0. The van der Waals surface area contributed by atoms with Gasteiger partial charge in [-0.2, -0.15) is 0 Å². The van der Waals surface area contributed by atoms with E-state index in [0.29, 0.717) is 13.0 Å². The standard InChI is InChI=1S/C20H29NO5/c1-13(22)21-12-17-10-19(26-15(3)24)18(25-14(2)23)9-16(17)11-20(21)7-5-4-6-8-20/h10,16,18-19H,4-9,11-12H2,1-3H3/t16-,18-,19-/m0/s1. The number of hydrogen-bond acceptors (Lipinski definition) is 5. The normalized spacial score (nSPS) is 30.2. The summed E-state index contributed by atoms with van der Waals surface area (Å²) in [5.74, 6) is -0.389. The van der Waals surface area contributed by atoms with Gasteiger partial charge in [-0.3, -0.25) is 14.4 Å². The first kappa shape index (κ1) is 18.9. The number of rotatable bonds is 2. The lowest BCUT2D eigenvalue weighted by atomic mass is 9.67. The van der Waals surface area contributed by atoms with Crippen molar-refractivity contribution in [3.05, 3.63) is 11.6 Å². The van der Waals surface area contributed by atoms with Crippen LogP contribution in [0.15, 0.2) is 11.6 Å². The van der Waals surface area contributed by atoms with Gasteiger partial charge in [0.1, 0.15) is 6.10 Å². The molecule has 6 heteroatoms. The van der Waals surface area contributed by atoms with Crippen molar-refractivity contribution < 1.29 is 23.9 Å². The third kappa shape index (κ3) is 3.79. The molecule has 2 fully saturated rings. The molecule has 1 aliphatic heterocycles. The number of hydrogen-bond donors (Lipinski definition) is 0. The predicted octanol–water partition coefficient (Wildman–Crippen LogP) is 2.75. The zero-order valence-electron chi connectivity index (χ0n) is 16.0. The SMILES string of the molecule is CC(=O)O[C@H]1C=C2CN(C(C)=O)C3(CCCCC3)C[C@@H]2C[C@@H]1OC(C)=O. The summed E-state index contributed by atoms with van der Waals surface area (Å²) in [4.78, 5) is 37.4. The highest BCUT2D eigenvalue weighted by Gasteiger charge is 2.48. The van der Waals surface area contributed by atoms with Crippen molar-refractivity contribution in [1.29, 1.82) is 0 Å². The van der Waals surface area contributed by atoms with Crippen molar-refractivity contribution in [2.75, 3.05) is 6.54 Å². The molecule has 0 bridgehead atoms. The lowest BCUT2D eigenvalue weighted by Crippen LogP contribution is -2.59. The molecule has 1 saturated heterocycles. The van der Waals surface area contributed by atoms with E-state index in [1.54, 1.807) is 6.92 Å². The minimum atomic E-state index is -0.572. The van der Waals surface area contributed by atoms with Gasteiger partial charge in [-0.25, -0.2) is 0 Å². The number of amides is 1. The molecule has 0 aromatic rings. The van der Waals surface area contributed by atoms with E-state index in [1.165, 1.54) is 20.3 Å². The second-order valence-electron chi connectivity index (χ2n) is 7.99. The molecule has 6 nitrogen and oxygen atoms in total. The average Bonchev–Trinajstić information content (AvgIpc) is 2.55. The highest BCUT2D eigenvalue weighted by Crippen LogP contribution is 2.47. The van der Waals surface area contributed by atoms with E-state index < -0.39 is 18.2 Å². The predicted molar refractivity (Wildman–Crippen MR) is 95.1 cm³/mol. The van der Waals surface area contributed by atoms with Crippen LogP contribution in [0.4, 0.5) is 0 Å². The van der Waals surface area contributed by atoms with Gasteiger partial charge in [-0.1, -0.05) is 19.3 Å². The van der Waals surface area contributed by atoms with Crippen LogP contribution in [0.25, 0.3) is 0 Å². The van der Waals surface area contributed by atoms with Crippen molar-refractivity contribution >= 4 is 17.8 Å². The summed E-state index contributed by atoms with van der Waals surface area (Å²) in [5, 5.41) is 0. The third-order valence-corrected chi connectivity index (χ3v) is 6.11. The van der Waals surface area contributed by atoms with Gasteiger partial charge in [0, 0.05) is 32.9 Å². The highest BCUT2D eigenvalue weighted by atomic mass is 16.6. The minimum Gasteiger partial charge on any atom is -0.458 e. The van der Waals surface area contributed by atoms with Gasteiger partial charge in [0.25, 0.3) is 0 Å². The van der Waals surface area contributed by atoms with Gasteiger partial charge in [-0.05, 0) is 43.3 Å². The number of esters is 2. The van der Waals surface area contributed by atoms with E-state index in [-0.39, 0.29) is 23.3 Å². The lowest BCUT2D eigenvalue weighted by molar-refractivity contribution is -0.164. The Bertz CT molecular complexity index is 620. The zero-order valence-corrected chi connectivity index (χ0v) is 16.0. The van der Waals surface area contributed by atoms with Gasteiger partial charge < -0.3 is 14.4 Å². The fourth-order valence-electron chi connectivity index (χ4n) is 5.09. The first-order chi connectivity index (χ1) is 12.3. The summed E-state index contributed by atoms with van der Waals surface area (Å²) in [6, 6.07) is 0. The third-order valence-electron chi connectivity index (χ3n) is 6.11. The first-order valence-electron chi connectivity index (χ1n) is 9.64. The Balaban J connectivity index is 1.89. The number of carbonyl (C=O) groups excluding carboxylic acids is 3. The Morgan fingerprint density at radius 3 is 2.27 bits per heavy atom. The lowest BCUT2D eigenvalue weighted by Gasteiger charge is -2.54. The Morgan fingerprint density at radius 1 is 1.04 bits per heavy atom. The van der Waals surface area contributed by atoms with E-state index in [0.717, 1.165) is 37.7 Å². The van der Waals surface area contributed by atoms with Gasteiger partial charge in [0.15, 0.2) is 6.10 Å². The largest absolute Gasteiger partial charge is 0.458 e. The van der Waals surface area contributed by atoms with Crippen LogP contribution >= 0.6 is 0 Å². The molecule has 0 aromatic carbocycles. The van der Waals surface area contributed by atoms with Crippen molar-refractivity contribution in [2.45, 2.75) is 83.5 Å². The van der Waals surface area contributed by atoms with E-state index in [4.69, 9.17) is 9.47 Å². The fraction of sp³-hybridized carbons (Fsp3) is 0.750. The fourth-order valence-corrected chi connectivity index (χ4v) is 5.09. The maximum absolute atomic E-state index is 12.4. The zero-order chi connectivity index (χ0) is 18.9. The molecule has 3 atom stereocenters. The van der Waals surface area contributed by atoms with Crippen LogP contribution in [-0.4, -0.2) is 47.0 Å². The van der Waals surface area contributed by atoms with Gasteiger partial charge in [0.05, 0.1) is 0 Å². The van der Waals surface area contributed by atoms with Crippen LogP contribution in [0.2, 0.25) is 0 Å². The topological polar surface area (TPSA) is 72.9 Å². The molecule has 26 heavy (non-hydrogen) atoms. The van der Waals surface area contributed by atoms with Crippen LogP contribution < -0.4 is 0 Å². The summed E-state index contributed by atoms with van der Waals surface area (Å²) in [6.07, 6.45) is 8.06. The molecule has 0 N–H and O–H groups in total. The summed E-state index contributed by atoms with van der Waals surface area (Å²) in [5.41, 5.74) is 1.06. The van der Waals surface area contributed by atoms with E-state index >= 15 is 0 Å². The molecule has 3 aliphatic rings. The summed E-state index contributed by atoms with van der Waals surface area (Å²) < 4.78 is 10.9. The molecule has 1 heterocycles. The van der Waals surface area contributed by atoms with E-state index in [1.807, 2.05) is 11.0 Å². The van der Waals surface area contributed by atoms with E-state index in [2.05, 4.69) is 0 Å². The van der Waals surface area contributed by atoms with Crippen molar-refractivity contribution in [2.24, 2.45) is 5.92 Å². The Morgan fingerprint density at radius 2 is 1.69 bits per heavy atom. The van der Waals surface area contributed by atoms with Gasteiger partial charge in [-0.15, -0.1) is 0 Å². The second-order valence-corrected chi connectivity index (χ2v) is 7.99. The molecule has 144 valence electrons. The Hall–Kier alpha value is -1.85. The number of nitrogens with zero attached hydrogens (tertiary/aromatic N) is 1. The monoisotopic (exact) mass is 363 g/mol. The smallest absolute Gasteiger partial charge is 0.303 e. The van der Waals surface area contributed by atoms with Crippen LogP contribution in [0.1, 0.15) is 65.7 Å². The maximum Gasteiger partial charge on any atom is 0.303 e. The Kier molecular flexibility index (Phi) is 5.39. The van der Waals surface area contributed by atoms with Crippen LogP contribution in [0.3, 0.4) is 0 Å². The van der Waals surface area contributed by atoms with Gasteiger partial charge in [0.2, 0.25) is 5.91 Å². The van der Waals surface area contributed by atoms with Crippen LogP contribution in [0, 0.1) is 5.92 Å². The molecule has 1 spiro atoms. The second kappa shape index (κ2) is 7.41. The number of fused-ring (bicyclic) bond motifs is 1. The maximum atomic E-state index is 12.4.